The Morgan fingerprint density at radius 1 is 1.41 bits per heavy atom. The summed E-state index contributed by atoms with van der Waals surface area (Å²) in [5.41, 5.74) is 1.03. The number of para-hydroxylation sites is 1. The molecule has 96 valence electrons. The van der Waals surface area contributed by atoms with Gasteiger partial charge in [0, 0.05) is 12.6 Å². The Balaban J connectivity index is 2.28. The Morgan fingerprint density at radius 3 is 2.76 bits per heavy atom. The van der Waals surface area contributed by atoms with Gasteiger partial charge in [-0.3, -0.25) is 0 Å². The molecule has 0 aromatic heterocycles. The summed E-state index contributed by atoms with van der Waals surface area (Å²) >= 11 is 0. The van der Waals surface area contributed by atoms with E-state index in [9.17, 15) is 9.50 Å². The van der Waals surface area contributed by atoms with Crippen LogP contribution in [0.5, 0.6) is 5.75 Å². The van der Waals surface area contributed by atoms with Crippen LogP contribution in [-0.2, 0) is 0 Å². The van der Waals surface area contributed by atoms with E-state index >= 15 is 0 Å². The largest absolute Gasteiger partial charge is 0.491 e. The Labute approximate surface area is 102 Å². The van der Waals surface area contributed by atoms with Gasteiger partial charge < -0.3 is 15.2 Å². The Bertz CT molecular complexity index is 333. The normalized spacial score (nSPS) is 14.4. The monoisotopic (exact) mass is 241 g/mol. The van der Waals surface area contributed by atoms with E-state index in [0.717, 1.165) is 11.3 Å². The van der Waals surface area contributed by atoms with Crippen molar-refractivity contribution in [1.29, 1.82) is 0 Å². The summed E-state index contributed by atoms with van der Waals surface area (Å²) in [5.74, 6) is 0.769. The molecule has 2 atom stereocenters. The zero-order chi connectivity index (χ0) is 12.7. The molecule has 2 unspecified atom stereocenters. The van der Waals surface area contributed by atoms with Crippen molar-refractivity contribution in [3.05, 3.63) is 29.8 Å². The molecule has 0 saturated carbocycles. The number of rotatable bonds is 7. The first-order chi connectivity index (χ1) is 8.13. The highest BCUT2D eigenvalue weighted by molar-refractivity contribution is 5.31. The number of hydrogen-bond donors (Lipinski definition) is 2. The molecule has 0 aliphatic carbocycles. The van der Waals surface area contributed by atoms with Gasteiger partial charge in [-0.15, -0.1) is 0 Å². The van der Waals surface area contributed by atoms with Crippen molar-refractivity contribution in [2.75, 3.05) is 19.8 Å². The van der Waals surface area contributed by atoms with Crippen LogP contribution in [0.4, 0.5) is 4.39 Å². The number of aliphatic hydroxyl groups excluding tert-OH is 1. The number of alkyl halides is 1. The molecule has 2 N–H and O–H groups in total. The molecule has 1 aromatic carbocycles. The van der Waals surface area contributed by atoms with Gasteiger partial charge in [0.1, 0.15) is 25.1 Å². The number of benzene rings is 1. The summed E-state index contributed by atoms with van der Waals surface area (Å²) in [4.78, 5) is 0. The summed E-state index contributed by atoms with van der Waals surface area (Å²) < 4.78 is 17.6. The van der Waals surface area contributed by atoms with Gasteiger partial charge in [0.15, 0.2) is 0 Å². The summed E-state index contributed by atoms with van der Waals surface area (Å²) in [6, 6.07) is 7.40. The van der Waals surface area contributed by atoms with Crippen molar-refractivity contribution in [2.45, 2.75) is 26.0 Å². The average molecular weight is 241 g/mol. The SMILES string of the molecule is Cc1ccccc1OCC(O)CNC(C)CF. The fourth-order valence-electron chi connectivity index (χ4n) is 1.36. The summed E-state index contributed by atoms with van der Waals surface area (Å²) in [6.07, 6.45) is -0.636. The highest BCUT2D eigenvalue weighted by atomic mass is 19.1. The Morgan fingerprint density at radius 2 is 2.12 bits per heavy atom. The third-order valence-corrected chi connectivity index (χ3v) is 2.46. The minimum atomic E-state index is -0.636. The van der Waals surface area contributed by atoms with Crippen LogP contribution in [-0.4, -0.2) is 37.1 Å². The second-order valence-corrected chi connectivity index (χ2v) is 4.19. The Hall–Kier alpha value is -1.13. The smallest absolute Gasteiger partial charge is 0.122 e. The first-order valence-corrected chi connectivity index (χ1v) is 5.79. The lowest BCUT2D eigenvalue weighted by Crippen LogP contribution is -2.37. The van der Waals surface area contributed by atoms with Crippen molar-refractivity contribution < 1.29 is 14.2 Å². The maximum Gasteiger partial charge on any atom is 0.122 e. The minimum Gasteiger partial charge on any atom is -0.491 e. The molecule has 0 bridgehead atoms. The summed E-state index contributed by atoms with van der Waals surface area (Å²) in [6.45, 7) is 3.78. The van der Waals surface area contributed by atoms with Gasteiger partial charge in [0.05, 0.1) is 0 Å². The van der Waals surface area contributed by atoms with Crippen LogP contribution in [0.25, 0.3) is 0 Å². The van der Waals surface area contributed by atoms with Gasteiger partial charge in [-0.2, -0.15) is 0 Å². The predicted molar refractivity (Wildman–Crippen MR) is 66.1 cm³/mol. The van der Waals surface area contributed by atoms with E-state index in [0.29, 0.717) is 6.54 Å². The molecule has 0 saturated heterocycles. The standard InChI is InChI=1S/C13H20FNO2/c1-10-5-3-4-6-13(10)17-9-12(16)8-15-11(2)7-14/h3-6,11-12,15-16H,7-9H2,1-2H3. The zero-order valence-electron chi connectivity index (χ0n) is 10.3. The van der Waals surface area contributed by atoms with Gasteiger partial charge in [0.2, 0.25) is 0 Å². The molecule has 1 aromatic rings. The van der Waals surface area contributed by atoms with Gasteiger partial charge in [-0.1, -0.05) is 18.2 Å². The second-order valence-electron chi connectivity index (χ2n) is 4.19. The number of halogens is 1. The number of aliphatic hydroxyl groups is 1. The van der Waals surface area contributed by atoms with Crippen molar-refractivity contribution in [3.8, 4) is 5.75 Å². The maximum atomic E-state index is 12.2. The van der Waals surface area contributed by atoms with E-state index in [-0.39, 0.29) is 12.6 Å². The molecule has 4 heteroatoms. The van der Waals surface area contributed by atoms with Gasteiger partial charge in [-0.05, 0) is 25.5 Å². The minimum absolute atomic E-state index is 0.205. The molecule has 0 fully saturated rings. The van der Waals surface area contributed by atoms with E-state index in [2.05, 4.69) is 5.32 Å². The van der Waals surface area contributed by atoms with Crippen LogP contribution in [0.1, 0.15) is 12.5 Å². The molecule has 0 spiro atoms. The molecule has 0 aliphatic rings. The third-order valence-electron chi connectivity index (χ3n) is 2.46. The van der Waals surface area contributed by atoms with Gasteiger partial charge in [0.25, 0.3) is 0 Å². The number of aryl methyl sites for hydroxylation is 1. The van der Waals surface area contributed by atoms with Crippen LogP contribution in [0.15, 0.2) is 24.3 Å². The molecule has 1 rings (SSSR count). The van der Waals surface area contributed by atoms with Gasteiger partial charge >= 0.3 is 0 Å². The second kappa shape index (κ2) is 7.25. The fraction of sp³-hybridized carbons (Fsp3) is 0.538. The number of nitrogens with one attached hydrogen (secondary N) is 1. The van der Waals surface area contributed by atoms with Gasteiger partial charge in [-0.25, -0.2) is 4.39 Å². The quantitative estimate of drug-likeness (QED) is 0.763. The summed E-state index contributed by atoms with van der Waals surface area (Å²) in [7, 11) is 0. The molecular formula is C13H20FNO2. The lowest BCUT2D eigenvalue weighted by molar-refractivity contribution is 0.103. The third kappa shape index (κ3) is 5.15. The van der Waals surface area contributed by atoms with Crippen molar-refractivity contribution in [2.24, 2.45) is 0 Å². The first-order valence-electron chi connectivity index (χ1n) is 5.79. The van der Waals surface area contributed by atoms with E-state index < -0.39 is 12.8 Å². The van der Waals surface area contributed by atoms with E-state index in [1.54, 1.807) is 6.92 Å². The molecule has 3 nitrogen and oxygen atoms in total. The number of ether oxygens (including phenoxy) is 1. The molecule has 17 heavy (non-hydrogen) atoms. The first kappa shape index (κ1) is 13.9. The molecule has 0 radical (unpaired) electrons. The van der Waals surface area contributed by atoms with Crippen molar-refractivity contribution in [3.63, 3.8) is 0 Å². The average Bonchev–Trinajstić information content (AvgIpc) is 2.35. The van der Waals surface area contributed by atoms with Crippen molar-refractivity contribution in [1.82, 2.24) is 5.32 Å². The Kier molecular flexibility index (Phi) is 5.94. The molecular weight excluding hydrogens is 221 g/mol. The zero-order valence-corrected chi connectivity index (χ0v) is 10.3. The van der Waals surface area contributed by atoms with E-state index in [1.165, 1.54) is 0 Å². The van der Waals surface area contributed by atoms with Crippen LogP contribution in [0.2, 0.25) is 0 Å². The lowest BCUT2D eigenvalue weighted by Gasteiger charge is -2.16. The van der Waals surface area contributed by atoms with Crippen LogP contribution in [0.3, 0.4) is 0 Å². The predicted octanol–water partition coefficient (Wildman–Crippen LogP) is 1.68. The molecule has 0 amide bonds. The lowest BCUT2D eigenvalue weighted by atomic mass is 10.2. The van der Waals surface area contributed by atoms with Crippen LogP contribution in [0, 0.1) is 6.92 Å². The fourth-order valence-corrected chi connectivity index (χ4v) is 1.36. The summed E-state index contributed by atoms with van der Waals surface area (Å²) in [5, 5.41) is 12.5. The maximum absolute atomic E-state index is 12.2. The molecule has 0 aliphatic heterocycles. The highest BCUT2D eigenvalue weighted by Gasteiger charge is 2.08. The topological polar surface area (TPSA) is 41.5 Å². The van der Waals surface area contributed by atoms with E-state index in [1.807, 2.05) is 31.2 Å². The highest BCUT2D eigenvalue weighted by Crippen LogP contribution is 2.16. The number of hydrogen-bond acceptors (Lipinski definition) is 3. The van der Waals surface area contributed by atoms with Crippen molar-refractivity contribution >= 4 is 0 Å². The molecule has 0 heterocycles. The van der Waals surface area contributed by atoms with Crippen LogP contribution >= 0.6 is 0 Å². The van der Waals surface area contributed by atoms with E-state index in [4.69, 9.17) is 4.74 Å². The van der Waals surface area contributed by atoms with Crippen LogP contribution < -0.4 is 10.1 Å².